The van der Waals surface area contributed by atoms with Crippen LogP contribution in [0.15, 0.2) is 22.7 Å². The lowest BCUT2D eigenvalue weighted by Crippen LogP contribution is -2.05. The van der Waals surface area contributed by atoms with Gasteiger partial charge in [-0.25, -0.2) is 0 Å². The summed E-state index contributed by atoms with van der Waals surface area (Å²) in [6.07, 6.45) is 2.64. The SMILES string of the molecule is Cn1c(CN)c(C2CC2)c2cc(Br)ccc21. The third-order valence-electron chi connectivity index (χ3n) is 3.50. The summed E-state index contributed by atoms with van der Waals surface area (Å²) in [5.41, 5.74) is 9.97. The molecule has 3 heteroatoms. The molecule has 0 aliphatic heterocycles. The fourth-order valence-corrected chi connectivity index (χ4v) is 2.93. The van der Waals surface area contributed by atoms with Gasteiger partial charge in [0, 0.05) is 34.7 Å². The van der Waals surface area contributed by atoms with E-state index in [9.17, 15) is 0 Å². The smallest absolute Gasteiger partial charge is 0.0484 e. The van der Waals surface area contributed by atoms with E-state index in [0.29, 0.717) is 6.54 Å². The van der Waals surface area contributed by atoms with Crippen molar-refractivity contribution in [2.45, 2.75) is 25.3 Å². The number of aromatic nitrogens is 1. The third kappa shape index (κ3) is 1.42. The molecule has 2 nitrogen and oxygen atoms in total. The van der Waals surface area contributed by atoms with Gasteiger partial charge in [-0.05, 0) is 42.5 Å². The fourth-order valence-electron chi connectivity index (χ4n) is 2.57. The average molecular weight is 279 g/mol. The Morgan fingerprint density at radius 1 is 1.44 bits per heavy atom. The Balaban J connectivity index is 2.37. The number of halogens is 1. The van der Waals surface area contributed by atoms with Crippen molar-refractivity contribution in [2.75, 3.05) is 0 Å². The first-order chi connectivity index (χ1) is 7.72. The summed E-state index contributed by atoms with van der Waals surface area (Å²) in [5, 5.41) is 1.37. The molecule has 1 heterocycles. The van der Waals surface area contributed by atoms with Crippen LogP contribution in [0.25, 0.3) is 10.9 Å². The largest absolute Gasteiger partial charge is 0.346 e. The minimum absolute atomic E-state index is 0.634. The summed E-state index contributed by atoms with van der Waals surface area (Å²) in [7, 11) is 2.12. The van der Waals surface area contributed by atoms with Crippen LogP contribution in [0.3, 0.4) is 0 Å². The molecular formula is C13H15BrN2. The van der Waals surface area contributed by atoms with Crippen LogP contribution in [0, 0.1) is 0 Å². The maximum Gasteiger partial charge on any atom is 0.0484 e. The summed E-state index contributed by atoms with van der Waals surface area (Å²) in [6, 6.07) is 6.49. The van der Waals surface area contributed by atoms with Gasteiger partial charge in [-0.3, -0.25) is 0 Å². The standard InChI is InChI=1S/C13H15BrN2/c1-16-11-5-4-9(14)6-10(11)13(8-2-3-8)12(16)7-15/h4-6,8H,2-3,7,15H2,1H3. The van der Waals surface area contributed by atoms with Gasteiger partial charge in [0.25, 0.3) is 0 Å². The van der Waals surface area contributed by atoms with Crippen molar-refractivity contribution in [3.8, 4) is 0 Å². The summed E-state index contributed by atoms with van der Waals surface area (Å²) in [6.45, 7) is 0.634. The first kappa shape index (κ1) is 10.4. The summed E-state index contributed by atoms with van der Waals surface area (Å²) >= 11 is 3.55. The monoisotopic (exact) mass is 278 g/mol. The van der Waals surface area contributed by atoms with Gasteiger partial charge in [-0.1, -0.05) is 15.9 Å². The summed E-state index contributed by atoms with van der Waals surface area (Å²) in [4.78, 5) is 0. The second-order valence-electron chi connectivity index (χ2n) is 4.56. The van der Waals surface area contributed by atoms with Gasteiger partial charge in [0.1, 0.15) is 0 Å². The average Bonchev–Trinajstić information content (AvgIpc) is 3.05. The van der Waals surface area contributed by atoms with E-state index in [1.165, 1.54) is 35.0 Å². The van der Waals surface area contributed by atoms with E-state index in [1.807, 2.05) is 0 Å². The Morgan fingerprint density at radius 3 is 2.81 bits per heavy atom. The molecule has 0 saturated heterocycles. The number of aryl methyl sites for hydroxylation is 1. The van der Waals surface area contributed by atoms with Gasteiger partial charge in [0.2, 0.25) is 0 Å². The molecule has 1 saturated carbocycles. The van der Waals surface area contributed by atoms with E-state index in [0.717, 1.165) is 10.4 Å². The van der Waals surface area contributed by atoms with Crippen molar-refractivity contribution in [3.05, 3.63) is 33.9 Å². The third-order valence-corrected chi connectivity index (χ3v) is 4.00. The lowest BCUT2D eigenvalue weighted by Gasteiger charge is -2.03. The minimum atomic E-state index is 0.634. The number of hydrogen-bond donors (Lipinski definition) is 1. The zero-order valence-electron chi connectivity index (χ0n) is 9.33. The molecule has 1 fully saturated rings. The van der Waals surface area contributed by atoms with Gasteiger partial charge in [0.05, 0.1) is 0 Å². The van der Waals surface area contributed by atoms with Crippen molar-refractivity contribution >= 4 is 26.8 Å². The molecule has 0 bridgehead atoms. The molecule has 0 amide bonds. The highest BCUT2D eigenvalue weighted by Crippen LogP contribution is 2.46. The molecule has 0 spiro atoms. The first-order valence-corrected chi connectivity index (χ1v) is 6.48. The van der Waals surface area contributed by atoms with E-state index >= 15 is 0 Å². The van der Waals surface area contributed by atoms with Crippen molar-refractivity contribution in [1.29, 1.82) is 0 Å². The van der Waals surface area contributed by atoms with Crippen LogP contribution in [0.4, 0.5) is 0 Å². The predicted octanol–water partition coefficient (Wildman–Crippen LogP) is 3.28. The van der Waals surface area contributed by atoms with Crippen molar-refractivity contribution in [3.63, 3.8) is 0 Å². The van der Waals surface area contributed by atoms with Crippen LogP contribution < -0.4 is 5.73 Å². The van der Waals surface area contributed by atoms with E-state index in [2.05, 4.69) is 45.7 Å². The molecule has 0 radical (unpaired) electrons. The quantitative estimate of drug-likeness (QED) is 0.898. The van der Waals surface area contributed by atoms with E-state index < -0.39 is 0 Å². The van der Waals surface area contributed by atoms with Gasteiger partial charge in [-0.2, -0.15) is 0 Å². The molecule has 2 N–H and O–H groups in total. The highest BCUT2D eigenvalue weighted by molar-refractivity contribution is 9.10. The number of nitrogens with two attached hydrogens (primary N) is 1. The van der Waals surface area contributed by atoms with Crippen molar-refractivity contribution < 1.29 is 0 Å². The second kappa shape index (κ2) is 3.60. The second-order valence-corrected chi connectivity index (χ2v) is 5.47. The maximum atomic E-state index is 5.89. The molecule has 16 heavy (non-hydrogen) atoms. The number of nitrogens with zero attached hydrogens (tertiary/aromatic N) is 1. The topological polar surface area (TPSA) is 30.9 Å². The molecule has 0 atom stereocenters. The lowest BCUT2D eigenvalue weighted by atomic mass is 10.1. The fraction of sp³-hybridized carbons (Fsp3) is 0.385. The number of hydrogen-bond acceptors (Lipinski definition) is 1. The molecule has 1 aromatic carbocycles. The van der Waals surface area contributed by atoms with Crippen LogP contribution in [0.1, 0.15) is 30.0 Å². The van der Waals surface area contributed by atoms with E-state index in [4.69, 9.17) is 5.73 Å². The maximum absolute atomic E-state index is 5.89. The number of rotatable bonds is 2. The molecule has 1 aliphatic carbocycles. The first-order valence-electron chi connectivity index (χ1n) is 5.69. The van der Waals surface area contributed by atoms with Crippen LogP contribution >= 0.6 is 15.9 Å². The highest BCUT2D eigenvalue weighted by atomic mass is 79.9. The molecule has 1 aliphatic rings. The molecular weight excluding hydrogens is 264 g/mol. The van der Waals surface area contributed by atoms with Crippen LogP contribution in [-0.4, -0.2) is 4.57 Å². The Kier molecular flexibility index (Phi) is 2.33. The molecule has 0 unspecified atom stereocenters. The minimum Gasteiger partial charge on any atom is -0.346 e. The van der Waals surface area contributed by atoms with Gasteiger partial charge in [-0.15, -0.1) is 0 Å². The lowest BCUT2D eigenvalue weighted by molar-refractivity contribution is 0.829. The Morgan fingerprint density at radius 2 is 2.19 bits per heavy atom. The predicted molar refractivity (Wildman–Crippen MR) is 70.5 cm³/mol. The number of fused-ring (bicyclic) bond motifs is 1. The van der Waals surface area contributed by atoms with Crippen LogP contribution in [0.2, 0.25) is 0 Å². The van der Waals surface area contributed by atoms with Crippen LogP contribution in [-0.2, 0) is 13.6 Å². The highest BCUT2D eigenvalue weighted by Gasteiger charge is 2.30. The molecule has 2 aromatic rings. The summed E-state index contributed by atoms with van der Waals surface area (Å²) < 4.78 is 3.39. The zero-order chi connectivity index (χ0) is 11.3. The Labute approximate surface area is 104 Å². The van der Waals surface area contributed by atoms with Crippen LogP contribution in [0.5, 0.6) is 0 Å². The Hall–Kier alpha value is -0.800. The number of benzene rings is 1. The molecule has 84 valence electrons. The van der Waals surface area contributed by atoms with Crippen molar-refractivity contribution in [2.24, 2.45) is 12.8 Å². The van der Waals surface area contributed by atoms with Gasteiger partial charge < -0.3 is 10.3 Å². The van der Waals surface area contributed by atoms with Gasteiger partial charge in [0.15, 0.2) is 0 Å². The van der Waals surface area contributed by atoms with E-state index in [1.54, 1.807) is 0 Å². The molecule has 3 rings (SSSR count). The summed E-state index contributed by atoms with van der Waals surface area (Å²) in [5.74, 6) is 0.747. The van der Waals surface area contributed by atoms with E-state index in [-0.39, 0.29) is 0 Å². The molecule has 1 aromatic heterocycles. The Bertz CT molecular complexity index is 553. The normalized spacial score (nSPS) is 15.9. The van der Waals surface area contributed by atoms with Crippen molar-refractivity contribution in [1.82, 2.24) is 4.57 Å². The van der Waals surface area contributed by atoms with Gasteiger partial charge >= 0.3 is 0 Å². The zero-order valence-corrected chi connectivity index (χ0v) is 10.9.